The Morgan fingerprint density at radius 3 is 2.47 bits per heavy atom. The van der Waals surface area contributed by atoms with E-state index < -0.39 is 0 Å². The molecule has 0 saturated heterocycles. The van der Waals surface area contributed by atoms with E-state index in [9.17, 15) is 4.79 Å². The lowest BCUT2D eigenvalue weighted by molar-refractivity contribution is -0.144. The topological polar surface area (TPSA) is 46.3 Å². The number of hydrogen-bond donors (Lipinski definition) is 1. The molecule has 1 saturated carbocycles. The number of thioether (sulfide) groups is 1. The lowest BCUT2D eigenvalue weighted by atomic mass is 9.70. The van der Waals surface area contributed by atoms with Crippen LogP contribution in [0.4, 0.5) is 0 Å². The maximum absolute atomic E-state index is 12.9. The van der Waals surface area contributed by atoms with Gasteiger partial charge in [0.05, 0.1) is 5.41 Å². The average molecular weight is 286 g/mol. The highest BCUT2D eigenvalue weighted by Gasteiger charge is 2.42. The minimum absolute atomic E-state index is 0.280. The van der Waals surface area contributed by atoms with E-state index in [2.05, 4.69) is 20.1 Å². The van der Waals surface area contributed by atoms with Crippen LogP contribution in [-0.2, 0) is 4.79 Å². The lowest BCUT2D eigenvalue weighted by Gasteiger charge is -2.41. The Morgan fingerprint density at radius 2 is 2.05 bits per heavy atom. The second kappa shape index (κ2) is 7.53. The van der Waals surface area contributed by atoms with Crippen molar-refractivity contribution in [1.82, 2.24) is 4.90 Å². The zero-order chi connectivity index (χ0) is 14.5. The summed E-state index contributed by atoms with van der Waals surface area (Å²) in [6, 6.07) is 0.338. The van der Waals surface area contributed by atoms with Gasteiger partial charge in [-0.1, -0.05) is 13.8 Å². The van der Waals surface area contributed by atoms with Crippen molar-refractivity contribution >= 4 is 17.7 Å². The zero-order valence-corrected chi connectivity index (χ0v) is 13.8. The van der Waals surface area contributed by atoms with Gasteiger partial charge in [-0.2, -0.15) is 11.8 Å². The van der Waals surface area contributed by atoms with Crippen LogP contribution in [0.15, 0.2) is 0 Å². The van der Waals surface area contributed by atoms with Crippen molar-refractivity contribution in [3.8, 4) is 0 Å². The molecule has 1 atom stereocenters. The molecule has 4 heteroatoms. The fourth-order valence-corrected chi connectivity index (χ4v) is 3.90. The van der Waals surface area contributed by atoms with Crippen molar-refractivity contribution in [3.05, 3.63) is 0 Å². The van der Waals surface area contributed by atoms with E-state index in [1.165, 1.54) is 0 Å². The highest BCUT2D eigenvalue weighted by atomic mass is 32.2. The molecule has 19 heavy (non-hydrogen) atoms. The molecule has 0 aromatic rings. The summed E-state index contributed by atoms with van der Waals surface area (Å²) >= 11 is 1.81. The normalized spacial score (nSPS) is 29.0. The second-order valence-electron chi connectivity index (χ2n) is 6.10. The van der Waals surface area contributed by atoms with Crippen LogP contribution in [0.5, 0.6) is 0 Å². The van der Waals surface area contributed by atoms with Gasteiger partial charge in [-0.3, -0.25) is 4.79 Å². The SMILES string of the molecule is CCC(CSC)N(C)C(=O)C1(CN)CCC(C)CC1. The van der Waals surface area contributed by atoms with E-state index in [-0.39, 0.29) is 11.3 Å². The van der Waals surface area contributed by atoms with E-state index in [1.54, 1.807) is 0 Å². The Bertz CT molecular complexity index is 288. The number of carbonyl (C=O) groups excluding carboxylic acids is 1. The molecule has 112 valence electrons. The van der Waals surface area contributed by atoms with Crippen molar-refractivity contribution in [1.29, 1.82) is 0 Å². The Morgan fingerprint density at radius 1 is 1.47 bits per heavy atom. The zero-order valence-electron chi connectivity index (χ0n) is 12.9. The number of nitrogens with two attached hydrogens (primary N) is 1. The standard InChI is InChI=1S/C15H30N2OS/c1-5-13(10-19-4)17(3)14(18)15(11-16)8-6-12(2)7-9-15/h12-13H,5-11,16H2,1-4H3. The third kappa shape index (κ3) is 3.88. The minimum atomic E-state index is -0.285. The third-order valence-electron chi connectivity index (χ3n) is 4.77. The Balaban J connectivity index is 2.77. The first-order chi connectivity index (χ1) is 9.00. The van der Waals surface area contributed by atoms with Gasteiger partial charge < -0.3 is 10.6 Å². The molecule has 3 nitrogen and oxygen atoms in total. The van der Waals surface area contributed by atoms with Gasteiger partial charge in [0.2, 0.25) is 5.91 Å². The predicted octanol–water partition coefficient (Wildman–Crippen LogP) is 2.74. The molecule has 0 bridgehead atoms. The van der Waals surface area contributed by atoms with Crippen LogP contribution in [0.1, 0.15) is 46.0 Å². The van der Waals surface area contributed by atoms with Gasteiger partial charge in [-0.05, 0) is 44.3 Å². The largest absolute Gasteiger partial charge is 0.341 e. The monoisotopic (exact) mass is 286 g/mol. The summed E-state index contributed by atoms with van der Waals surface area (Å²) in [7, 11) is 1.96. The molecule has 1 aliphatic rings. The molecule has 0 radical (unpaired) electrons. The number of nitrogens with zero attached hydrogens (tertiary/aromatic N) is 1. The first kappa shape index (κ1) is 16.8. The van der Waals surface area contributed by atoms with Gasteiger partial charge in [0.15, 0.2) is 0 Å². The molecule has 0 aromatic heterocycles. The summed E-state index contributed by atoms with van der Waals surface area (Å²) in [6.45, 7) is 4.93. The summed E-state index contributed by atoms with van der Waals surface area (Å²) < 4.78 is 0. The molecule has 1 amide bonds. The van der Waals surface area contributed by atoms with Crippen LogP contribution in [-0.4, -0.2) is 42.4 Å². The van der Waals surface area contributed by atoms with E-state index in [4.69, 9.17) is 5.73 Å². The van der Waals surface area contributed by atoms with Gasteiger partial charge in [-0.25, -0.2) is 0 Å². The smallest absolute Gasteiger partial charge is 0.230 e. The Hall–Kier alpha value is -0.220. The average Bonchev–Trinajstić information content (AvgIpc) is 2.44. The quantitative estimate of drug-likeness (QED) is 0.816. The van der Waals surface area contributed by atoms with E-state index in [1.807, 2.05) is 23.7 Å². The van der Waals surface area contributed by atoms with Gasteiger partial charge in [0.1, 0.15) is 0 Å². The molecule has 1 rings (SSSR count). The molecule has 1 fully saturated rings. The Kier molecular flexibility index (Phi) is 6.67. The highest BCUT2D eigenvalue weighted by Crippen LogP contribution is 2.39. The lowest BCUT2D eigenvalue weighted by Crippen LogP contribution is -2.51. The van der Waals surface area contributed by atoms with Crippen molar-refractivity contribution in [2.75, 3.05) is 25.6 Å². The third-order valence-corrected chi connectivity index (χ3v) is 5.49. The van der Waals surface area contributed by atoms with Crippen molar-refractivity contribution in [2.45, 2.75) is 52.0 Å². The molecule has 0 aromatic carbocycles. The number of carbonyl (C=O) groups is 1. The summed E-state index contributed by atoms with van der Waals surface area (Å²) in [5.41, 5.74) is 5.70. The van der Waals surface area contributed by atoms with Crippen LogP contribution in [0.2, 0.25) is 0 Å². The summed E-state index contributed by atoms with van der Waals surface area (Å²) in [6.07, 6.45) is 7.31. The van der Waals surface area contributed by atoms with E-state index in [0.29, 0.717) is 12.6 Å². The van der Waals surface area contributed by atoms with Gasteiger partial charge in [0, 0.05) is 25.4 Å². The van der Waals surface area contributed by atoms with Crippen LogP contribution in [0, 0.1) is 11.3 Å². The summed E-state index contributed by atoms with van der Waals surface area (Å²) in [5.74, 6) is 2.03. The fourth-order valence-electron chi connectivity index (χ4n) is 3.06. The molecule has 2 N–H and O–H groups in total. The molecule has 0 spiro atoms. The van der Waals surface area contributed by atoms with Crippen molar-refractivity contribution in [2.24, 2.45) is 17.1 Å². The van der Waals surface area contributed by atoms with Crippen LogP contribution >= 0.6 is 11.8 Å². The predicted molar refractivity (Wildman–Crippen MR) is 84.4 cm³/mol. The number of rotatable bonds is 6. The number of hydrogen-bond acceptors (Lipinski definition) is 3. The molecule has 1 aliphatic carbocycles. The highest BCUT2D eigenvalue weighted by molar-refractivity contribution is 7.98. The van der Waals surface area contributed by atoms with Crippen molar-refractivity contribution < 1.29 is 4.79 Å². The van der Waals surface area contributed by atoms with E-state index >= 15 is 0 Å². The minimum Gasteiger partial charge on any atom is -0.341 e. The molecular weight excluding hydrogens is 256 g/mol. The Labute approximate surface area is 122 Å². The molecule has 1 unspecified atom stereocenters. The van der Waals surface area contributed by atoms with Gasteiger partial charge in [-0.15, -0.1) is 0 Å². The molecule has 0 heterocycles. The summed E-state index contributed by atoms with van der Waals surface area (Å²) in [5, 5.41) is 0. The van der Waals surface area contributed by atoms with Gasteiger partial charge >= 0.3 is 0 Å². The van der Waals surface area contributed by atoms with Crippen LogP contribution in [0.3, 0.4) is 0 Å². The van der Waals surface area contributed by atoms with Crippen molar-refractivity contribution in [3.63, 3.8) is 0 Å². The van der Waals surface area contributed by atoms with Crippen LogP contribution in [0.25, 0.3) is 0 Å². The maximum atomic E-state index is 12.9. The number of amides is 1. The van der Waals surface area contributed by atoms with E-state index in [0.717, 1.165) is 43.8 Å². The first-order valence-corrected chi connectivity index (χ1v) is 8.86. The van der Waals surface area contributed by atoms with Gasteiger partial charge in [0.25, 0.3) is 0 Å². The molecule has 0 aliphatic heterocycles. The first-order valence-electron chi connectivity index (χ1n) is 7.47. The van der Waals surface area contributed by atoms with Crippen LogP contribution < -0.4 is 5.73 Å². The maximum Gasteiger partial charge on any atom is 0.230 e. The second-order valence-corrected chi connectivity index (χ2v) is 7.01. The summed E-state index contributed by atoms with van der Waals surface area (Å²) in [4.78, 5) is 14.8. The fraction of sp³-hybridized carbons (Fsp3) is 0.933. The molecular formula is C15H30N2OS.